The molecule has 0 radical (unpaired) electrons. The lowest BCUT2D eigenvalue weighted by atomic mass is 9.52. The molecule has 4 bridgehead atoms. The van der Waals surface area contributed by atoms with Gasteiger partial charge in [0.05, 0.1) is 0 Å². The predicted molar refractivity (Wildman–Crippen MR) is 72.3 cm³/mol. The summed E-state index contributed by atoms with van der Waals surface area (Å²) in [6.45, 7) is -1.76. The molecule has 1 amide bonds. The molecule has 2 atom stereocenters. The van der Waals surface area contributed by atoms with Gasteiger partial charge in [-0.05, 0) is 38.0 Å². The number of hydrogen-bond acceptors (Lipinski definition) is 5. The highest BCUT2D eigenvalue weighted by atomic mass is 32.2. The van der Waals surface area contributed by atoms with E-state index in [-0.39, 0.29) is 17.6 Å². The molecule has 7 nitrogen and oxygen atoms in total. The standard InChI is InChI=1S/C13H17F2NO6S/c14-13(15,23(19,20)21)6-22-11(18)16-12-3-7-1-8(4-12)10(17)9(2-7)5-12/h7-9H,1-6H2,(H,16,18)(H,19,20,21). The number of carbonyl (C=O) groups excluding carboxylic acids is 2. The van der Waals surface area contributed by atoms with Crippen LogP contribution < -0.4 is 5.32 Å². The molecule has 0 heterocycles. The van der Waals surface area contributed by atoms with E-state index in [1.54, 1.807) is 0 Å². The summed E-state index contributed by atoms with van der Waals surface area (Å²) < 4.78 is 59.7. The van der Waals surface area contributed by atoms with Gasteiger partial charge >= 0.3 is 21.5 Å². The number of Topliss-reactive ketones (excluding diaryl/α,β-unsaturated/α-hetero) is 1. The molecule has 4 aliphatic rings. The van der Waals surface area contributed by atoms with Gasteiger partial charge in [-0.25, -0.2) is 4.79 Å². The molecular formula is C13H17F2NO6S. The van der Waals surface area contributed by atoms with Crippen molar-refractivity contribution in [1.29, 1.82) is 0 Å². The number of ether oxygens (including phenoxy) is 1. The molecule has 2 unspecified atom stereocenters. The lowest BCUT2D eigenvalue weighted by Crippen LogP contribution is -2.62. The summed E-state index contributed by atoms with van der Waals surface area (Å²) in [5.74, 6) is 0.316. The van der Waals surface area contributed by atoms with E-state index in [1.807, 2.05) is 0 Å². The van der Waals surface area contributed by atoms with Crippen LogP contribution in [0.2, 0.25) is 0 Å². The van der Waals surface area contributed by atoms with Crippen molar-refractivity contribution in [2.24, 2.45) is 17.8 Å². The first kappa shape index (κ1) is 16.6. The summed E-state index contributed by atoms with van der Waals surface area (Å²) in [6, 6.07) is 0. The SMILES string of the molecule is O=C(NC12CC3CC(C1)C(=O)C(C3)C2)OCC(F)(F)S(=O)(=O)O. The van der Waals surface area contributed by atoms with Gasteiger partial charge in [0.1, 0.15) is 5.78 Å². The second kappa shape index (κ2) is 5.10. The van der Waals surface area contributed by atoms with Gasteiger partial charge in [0.15, 0.2) is 6.61 Å². The minimum Gasteiger partial charge on any atom is -0.442 e. The van der Waals surface area contributed by atoms with Crippen molar-refractivity contribution < 1.29 is 36.1 Å². The Balaban J connectivity index is 1.62. The molecule has 4 rings (SSSR count). The van der Waals surface area contributed by atoms with Crippen molar-refractivity contribution in [1.82, 2.24) is 5.32 Å². The third-order valence-electron chi connectivity index (χ3n) is 5.11. The Labute approximate surface area is 131 Å². The first-order valence-corrected chi connectivity index (χ1v) is 8.79. The van der Waals surface area contributed by atoms with E-state index in [1.165, 1.54) is 0 Å². The minimum atomic E-state index is -5.64. The molecule has 4 saturated carbocycles. The normalized spacial score (nSPS) is 36.1. The first-order valence-electron chi connectivity index (χ1n) is 7.35. The molecule has 10 heteroatoms. The number of alkyl halides is 2. The highest BCUT2D eigenvalue weighted by Crippen LogP contribution is 2.54. The van der Waals surface area contributed by atoms with Crippen LogP contribution in [0.25, 0.3) is 0 Å². The molecule has 130 valence electrons. The van der Waals surface area contributed by atoms with Gasteiger partial charge < -0.3 is 10.1 Å². The van der Waals surface area contributed by atoms with Crippen molar-refractivity contribution in [2.75, 3.05) is 6.61 Å². The maximum absolute atomic E-state index is 13.1. The van der Waals surface area contributed by atoms with Crippen molar-refractivity contribution in [3.8, 4) is 0 Å². The number of halogens is 2. The zero-order valence-corrected chi connectivity index (χ0v) is 12.9. The third-order valence-corrected chi connectivity index (χ3v) is 5.98. The van der Waals surface area contributed by atoms with Crippen LogP contribution in [0.1, 0.15) is 32.1 Å². The Bertz CT molecular complexity index is 631. The smallest absolute Gasteiger partial charge is 0.407 e. The van der Waals surface area contributed by atoms with Crippen molar-refractivity contribution >= 4 is 22.0 Å². The van der Waals surface area contributed by atoms with Crippen LogP contribution >= 0.6 is 0 Å². The molecule has 2 N–H and O–H groups in total. The quantitative estimate of drug-likeness (QED) is 0.738. The monoisotopic (exact) mass is 353 g/mol. The Kier molecular flexibility index (Phi) is 3.67. The second-order valence-corrected chi connectivity index (χ2v) is 8.39. The van der Waals surface area contributed by atoms with E-state index in [9.17, 15) is 26.8 Å². The number of amides is 1. The zero-order valence-electron chi connectivity index (χ0n) is 12.1. The van der Waals surface area contributed by atoms with Gasteiger partial charge in [-0.2, -0.15) is 17.2 Å². The third kappa shape index (κ3) is 2.93. The summed E-state index contributed by atoms with van der Waals surface area (Å²) in [4.78, 5) is 23.8. The Morgan fingerprint density at radius 1 is 1.30 bits per heavy atom. The average Bonchev–Trinajstić information content (AvgIpc) is 2.40. The molecule has 0 saturated heterocycles. The number of nitrogens with one attached hydrogen (secondary N) is 1. The molecule has 4 fully saturated rings. The van der Waals surface area contributed by atoms with Crippen LogP contribution in [0.4, 0.5) is 13.6 Å². The van der Waals surface area contributed by atoms with Gasteiger partial charge in [0.25, 0.3) is 0 Å². The summed E-state index contributed by atoms with van der Waals surface area (Å²) in [7, 11) is -5.64. The zero-order chi connectivity index (χ0) is 17.0. The minimum absolute atomic E-state index is 0.110. The fourth-order valence-electron chi connectivity index (χ4n) is 4.38. The number of rotatable bonds is 4. The van der Waals surface area contributed by atoms with E-state index in [0.717, 1.165) is 12.8 Å². The molecule has 0 aromatic carbocycles. The number of hydrogen-bond donors (Lipinski definition) is 2. The van der Waals surface area contributed by atoms with Gasteiger partial charge in [0, 0.05) is 17.4 Å². The summed E-state index contributed by atoms with van der Waals surface area (Å²) in [6.07, 6.45) is 2.02. The number of alkyl carbamates (subject to hydrolysis) is 1. The summed E-state index contributed by atoms with van der Waals surface area (Å²) in [5.41, 5.74) is -0.644. The number of carbonyl (C=O) groups is 2. The maximum atomic E-state index is 13.1. The van der Waals surface area contributed by atoms with Gasteiger partial charge in [0.2, 0.25) is 0 Å². The molecule has 0 spiro atoms. The van der Waals surface area contributed by atoms with E-state index in [0.29, 0.717) is 25.2 Å². The lowest BCUT2D eigenvalue weighted by Gasteiger charge is -2.55. The van der Waals surface area contributed by atoms with E-state index in [4.69, 9.17) is 4.55 Å². The van der Waals surface area contributed by atoms with Gasteiger partial charge in [-0.15, -0.1) is 0 Å². The Morgan fingerprint density at radius 2 is 1.87 bits per heavy atom. The van der Waals surface area contributed by atoms with Crippen LogP contribution in [-0.2, 0) is 19.6 Å². The summed E-state index contributed by atoms with van der Waals surface area (Å²) in [5, 5.41) is -2.01. The summed E-state index contributed by atoms with van der Waals surface area (Å²) >= 11 is 0. The maximum Gasteiger partial charge on any atom is 0.407 e. The van der Waals surface area contributed by atoms with Crippen LogP contribution in [-0.4, -0.2) is 42.2 Å². The molecule has 0 aliphatic heterocycles. The van der Waals surface area contributed by atoms with Crippen molar-refractivity contribution in [3.05, 3.63) is 0 Å². The largest absolute Gasteiger partial charge is 0.442 e. The van der Waals surface area contributed by atoms with Gasteiger partial charge in [-0.1, -0.05) is 0 Å². The second-order valence-electron chi connectivity index (χ2n) is 6.84. The molecule has 0 aromatic rings. The number of ketones is 1. The molecular weight excluding hydrogens is 336 g/mol. The first-order chi connectivity index (χ1) is 10.5. The Hall–Kier alpha value is -1.29. The van der Waals surface area contributed by atoms with Crippen LogP contribution in [0, 0.1) is 17.8 Å². The van der Waals surface area contributed by atoms with Crippen LogP contribution in [0.15, 0.2) is 0 Å². The topological polar surface area (TPSA) is 110 Å². The molecule has 23 heavy (non-hydrogen) atoms. The van der Waals surface area contributed by atoms with E-state index in [2.05, 4.69) is 10.1 Å². The van der Waals surface area contributed by atoms with Gasteiger partial charge in [-0.3, -0.25) is 9.35 Å². The van der Waals surface area contributed by atoms with Crippen molar-refractivity contribution in [2.45, 2.75) is 42.9 Å². The van der Waals surface area contributed by atoms with Crippen LogP contribution in [0.3, 0.4) is 0 Å². The highest BCUT2D eigenvalue weighted by Gasteiger charge is 2.56. The van der Waals surface area contributed by atoms with E-state index >= 15 is 0 Å². The van der Waals surface area contributed by atoms with Crippen LogP contribution in [0.5, 0.6) is 0 Å². The average molecular weight is 353 g/mol. The fraction of sp³-hybridized carbons (Fsp3) is 0.846. The predicted octanol–water partition coefficient (Wildman–Crippen LogP) is 1.34. The fourth-order valence-corrected chi connectivity index (χ4v) is 4.58. The van der Waals surface area contributed by atoms with Crippen molar-refractivity contribution in [3.63, 3.8) is 0 Å². The molecule has 0 aromatic heterocycles. The lowest BCUT2D eigenvalue weighted by molar-refractivity contribution is -0.142. The Morgan fingerprint density at radius 3 is 2.39 bits per heavy atom. The highest BCUT2D eigenvalue weighted by molar-refractivity contribution is 7.86. The molecule has 4 aliphatic carbocycles. The van der Waals surface area contributed by atoms with E-state index < -0.39 is 33.6 Å².